The van der Waals surface area contributed by atoms with Crippen molar-refractivity contribution in [3.05, 3.63) is 28.4 Å². The van der Waals surface area contributed by atoms with Gasteiger partial charge in [0.05, 0.1) is 5.69 Å². The number of nitro groups is 1. The molecule has 6 nitrogen and oxygen atoms in total. The van der Waals surface area contributed by atoms with Gasteiger partial charge in [-0.15, -0.1) is 0 Å². The Morgan fingerprint density at radius 2 is 2.31 bits per heavy atom. The quantitative estimate of drug-likeness (QED) is 0.598. The summed E-state index contributed by atoms with van der Waals surface area (Å²) in [5, 5.41) is 13.3. The zero-order valence-corrected chi connectivity index (χ0v) is 9.70. The van der Waals surface area contributed by atoms with Gasteiger partial charge in [-0.2, -0.15) is 0 Å². The highest BCUT2D eigenvalue weighted by atomic mass is 32.2. The van der Waals surface area contributed by atoms with Crippen molar-refractivity contribution >= 4 is 22.3 Å². The van der Waals surface area contributed by atoms with Crippen molar-refractivity contribution in [2.75, 3.05) is 23.4 Å². The van der Waals surface area contributed by atoms with Crippen molar-refractivity contribution in [2.24, 2.45) is 0 Å². The van der Waals surface area contributed by atoms with Crippen LogP contribution in [0.25, 0.3) is 0 Å². The minimum absolute atomic E-state index is 0.178. The molecular formula is C9H13N3O3S. The molecule has 0 amide bonds. The van der Waals surface area contributed by atoms with E-state index in [4.69, 9.17) is 0 Å². The fraction of sp³-hybridized carbons (Fsp3) is 0.444. The summed E-state index contributed by atoms with van der Waals surface area (Å²) in [6.45, 7) is 2.43. The van der Waals surface area contributed by atoms with E-state index in [-0.39, 0.29) is 5.82 Å². The predicted molar refractivity (Wildman–Crippen MR) is 62.9 cm³/mol. The van der Waals surface area contributed by atoms with Crippen LogP contribution in [0.3, 0.4) is 0 Å². The third-order valence-corrected chi connectivity index (χ3v) is 3.22. The molecule has 1 aromatic rings. The number of aromatic nitrogens is 1. The highest BCUT2D eigenvalue weighted by Crippen LogP contribution is 2.10. The summed E-state index contributed by atoms with van der Waals surface area (Å²) in [6, 6.07) is 2.92. The number of hydrogen-bond acceptors (Lipinski definition) is 5. The lowest BCUT2D eigenvalue weighted by atomic mass is 10.4. The average molecular weight is 243 g/mol. The SMILES string of the molecule is CCS(=O)CCNc1ccc([N+](=O)[O-])nc1. The first-order valence-corrected chi connectivity index (χ1v) is 6.31. The number of anilines is 1. The van der Waals surface area contributed by atoms with E-state index in [1.165, 1.54) is 12.3 Å². The summed E-state index contributed by atoms with van der Waals surface area (Å²) in [5.74, 6) is 1.02. The molecule has 88 valence electrons. The highest BCUT2D eigenvalue weighted by Gasteiger charge is 2.05. The van der Waals surface area contributed by atoms with Gasteiger partial charge in [0.15, 0.2) is 6.20 Å². The molecule has 0 saturated heterocycles. The number of nitrogens with one attached hydrogen (secondary N) is 1. The van der Waals surface area contributed by atoms with Crippen molar-refractivity contribution in [3.63, 3.8) is 0 Å². The largest absolute Gasteiger partial charge is 0.381 e. The van der Waals surface area contributed by atoms with E-state index in [1.807, 2.05) is 6.92 Å². The monoisotopic (exact) mass is 243 g/mol. The van der Waals surface area contributed by atoms with Crippen LogP contribution in [-0.4, -0.2) is 32.2 Å². The highest BCUT2D eigenvalue weighted by molar-refractivity contribution is 7.84. The van der Waals surface area contributed by atoms with Gasteiger partial charge < -0.3 is 15.4 Å². The van der Waals surface area contributed by atoms with E-state index >= 15 is 0 Å². The van der Waals surface area contributed by atoms with Crippen LogP contribution >= 0.6 is 0 Å². The second kappa shape index (κ2) is 6.16. The van der Waals surface area contributed by atoms with E-state index in [9.17, 15) is 14.3 Å². The van der Waals surface area contributed by atoms with Crippen LogP contribution in [0.5, 0.6) is 0 Å². The number of nitrogens with zero attached hydrogens (tertiary/aromatic N) is 2. The molecule has 1 heterocycles. The smallest absolute Gasteiger partial charge is 0.363 e. The van der Waals surface area contributed by atoms with Gasteiger partial charge >= 0.3 is 5.82 Å². The van der Waals surface area contributed by atoms with Gasteiger partial charge in [-0.3, -0.25) is 4.21 Å². The molecule has 0 aliphatic carbocycles. The number of pyridine rings is 1. The van der Waals surface area contributed by atoms with Gasteiger partial charge in [0, 0.05) is 34.9 Å². The molecule has 0 radical (unpaired) electrons. The Kier molecular flexibility index (Phi) is 4.84. The molecule has 16 heavy (non-hydrogen) atoms. The molecule has 1 unspecified atom stereocenters. The normalized spacial score (nSPS) is 12.1. The Bertz CT molecular complexity index is 380. The van der Waals surface area contributed by atoms with E-state index in [2.05, 4.69) is 10.3 Å². The molecule has 1 N–H and O–H groups in total. The van der Waals surface area contributed by atoms with Gasteiger partial charge in [-0.1, -0.05) is 6.92 Å². The zero-order valence-electron chi connectivity index (χ0n) is 8.88. The van der Waals surface area contributed by atoms with Crippen LogP contribution < -0.4 is 5.32 Å². The molecule has 1 aromatic heterocycles. The van der Waals surface area contributed by atoms with Gasteiger partial charge in [0.25, 0.3) is 0 Å². The van der Waals surface area contributed by atoms with Gasteiger partial charge in [-0.25, -0.2) is 0 Å². The molecule has 0 saturated carbocycles. The molecule has 0 spiro atoms. The Morgan fingerprint density at radius 3 is 2.81 bits per heavy atom. The molecular weight excluding hydrogens is 230 g/mol. The fourth-order valence-corrected chi connectivity index (χ4v) is 1.67. The van der Waals surface area contributed by atoms with Crippen LogP contribution in [0.4, 0.5) is 11.5 Å². The lowest BCUT2D eigenvalue weighted by Crippen LogP contribution is -2.12. The van der Waals surface area contributed by atoms with Crippen molar-refractivity contribution < 1.29 is 9.13 Å². The lowest BCUT2D eigenvalue weighted by molar-refractivity contribution is -0.389. The lowest BCUT2D eigenvalue weighted by Gasteiger charge is -2.03. The van der Waals surface area contributed by atoms with E-state index in [0.29, 0.717) is 23.7 Å². The maximum absolute atomic E-state index is 11.1. The first-order valence-electron chi connectivity index (χ1n) is 4.82. The van der Waals surface area contributed by atoms with Gasteiger partial charge in [0.1, 0.15) is 0 Å². The second-order valence-corrected chi connectivity index (χ2v) is 4.89. The Morgan fingerprint density at radius 1 is 1.56 bits per heavy atom. The summed E-state index contributed by atoms with van der Waals surface area (Å²) in [4.78, 5) is 13.4. The zero-order chi connectivity index (χ0) is 12.0. The Balaban J connectivity index is 2.43. The molecule has 0 aliphatic heterocycles. The molecule has 1 rings (SSSR count). The van der Waals surface area contributed by atoms with Crippen molar-refractivity contribution in [3.8, 4) is 0 Å². The van der Waals surface area contributed by atoms with Crippen molar-refractivity contribution in [1.82, 2.24) is 4.98 Å². The summed E-state index contributed by atoms with van der Waals surface area (Å²) in [6.07, 6.45) is 1.40. The van der Waals surface area contributed by atoms with Crippen LogP contribution in [0, 0.1) is 10.1 Å². The molecule has 1 atom stereocenters. The summed E-state index contributed by atoms with van der Waals surface area (Å²) in [5.41, 5.74) is 0.693. The third kappa shape index (κ3) is 3.93. The van der Waals surface area contributed by atoms with E-state index < -0.39 is 15.7 Å². The fourth-order valence-electron chi connectivity index (χ4n) is 1.05. The van der Waals surface area contributed by atoms with Crippen LogP contribution in [0.1, 0.15) is 6.92 Å². The van der Waals surface area contributed by atoms with Crippen LogP contribution in [0.15, 0.2) is 18.3 Å². The van der Waals surface area contributed by atoms with Crippen molar-refractivity contribution in [2.45, 2.75) is 6.92 Å². The van der Waals surface area contributed by atoms with Gasteiger partial charge in [0.2, 0.25) is 0 Å². The van der Waals surface area contributed by atoms with Crippen molar-refractivity contribution in [1.29, 1.82) is 0 Å². The minimum atomic E-state index is -0.804. The Labute approximate surface area is 95.7 Å². The van der Waals surface area contributed by atoms with Gasteiger partial charge in [-0.05, 0) is 16.0 Å². The van der Waals surface area contributed by atoms with E-state index in [1.54, 1.807) is 6.07 Å². The first-order chi connectivity index (χ1) is 7.63. The van der Waals surface area contributed by atoms with Crippen LogP contribution in [-0.2, 0) is 10.8 Å². The summed E-state index contributed by atoms with van der Waals surface area (Å²) >= 11 is 0. The molecule has 7 heteroatoms. The summed E-state index contributed by atoms with van der Waals surface area (Å²) in [7, 11) is -0.804. The first kappa shape index (κ1) is 12.6. The van der Waals surface area contributed by atoms with Crippen LogP contribution in [0.2, 0.25) is 0 Å². The Hall–Kier alpha value is -1.50. The second-order valence-electron chi connectivity index (χ2n) is 3.02. The maximum Gasteiger partial charge on any atom is 0.363 e. The molecule has 0 aliphatic rings. The number of rotatable bonds is 6. The maximum atomic E-state index is 11.1. The average Bonchev–Trinajstić information content (AvgIpc) is 2.29. The minimum Gasteiger partial charge on any atom is -0.381 e. The topological polar surface area (TPSA) is 85.1 Å². The third-order valence-electron chi connectivity index (χ3n) is 1.92. The summed E-state index contributed by atoms with van der Waals surface area (Å²) < 4.78 is 11.1. The number of hydrogen-bond donors (Lipinski definition) is 1. The molecule has 0 fully saturated rings. The molecule has 0 bridgehead atoms. The molecule has 0 aromatic carbocycles. The predicted octanol–water partition coefficient (Wildman–Crippen LogP) is 1.17. The standard InChI is InChI=1S/C9H13N3O3S/c1-2-16(15)6-5-10-8-3-4-9(11-7-8)12(13)14/h3-4,7,10H,2,5-6H2,1H3. The van der Waals surface area contributed by atoms with E-state index in [0.717, 1.165) is 0 Å².